The Morgan fingerprint density at radius 1 is 1.12 bits per heavy atom. The van der Waals surface area contributed by atoms with Crippen LogP contribution in [0.2, 0.25) is 5.15 Å². The summed E-state index contributed by atoms with van der Waals surface area (Å²) in [5.74, 6) is 0.633. The molecule has 0 saturated carbocycles. The minimum atomic E-state index is 0.446. The highest BCUT2D eigenvalue weighted by Gasteiger charge is 2.05. The fraction of sp³-hybridized carbons (Fsp3) is 0. The van der Waals surface area contributed by atoms with Crippen LogP contribution >= 0.6 is 22.9 Å². The van der Waals surface area contributed by atoms with Gasteiger partial charge in [-0.25, -0.2) is 9.97 Å². The molecule has 0 aliphatic heterocycles. The monoisotopic (exact) mass is 262 g/mol. The molecule has 0 aliphatic rings. The normalized spacial score (nSPS) is 10.6. The van der Waals surface area contributed by atoms with E-state index in [9.17, 15) is 0 Å². The zero-order valence-corrected chi connectivity index (χ0v) is 10.2. The van der Waals surface area contributed by atoms with Crippen LogP contribution in [0.5, 0.6) is 10.9 Å². The van der Waals surface area contributed by atoms with Crippen LogP contribution in [0.1, 0.15) is 0 Å². The molecule has 0 unspecified atom stereocenters. The standard InChI is InChI=1S/C12H7ClN2OS/c13-11-6-5-8(7-14-11)16-12-15-9-3-1-2-4-10(9)17-12/h1-7H. The van der Waals surface area contributed by atoms with E-state index in [1.807, 2.05) is 24.3 Å². The molecule has 5 heteroatoms. The van der Waals surface area contributed by atoms with Crippen LogP contribution < -0.4 is 4.74 Å². The van der Waals surface area contributed by atoms with Crippen LogP contribution in [0.25, 0.3) is 10.2 Å². The first kappa shape index (κ1) is 10.5. The lowest BCUT2D eigenvalue weighted by Gasteiger charge is -1.99. The largest absolute Gasteiger partial charge is 0.429 e. The molecule has 0 aliphatic carbocycles. The van der Waals surface area contributed by atoms with Crippen LogP contribution in [0, 0.1) is 0 Å². The Bertz CT molecular complexity index is 618. The first-order chi connectivity index (χ1) is 8.31. The predicted molar refractivity (Wildman–Crippen MR) is 68.9 cm³/mol. The third kappa shape index (κ3) is 2.23. The van der Waals surface area contributed by atoms with Gasteiger partial charge in [0.1, 0.15) is 10.9 Å². The Kier molecular flexibility index (Phi) is 2.66. The van der Waals surface area contributed by atoms with Gasteiger partial charge in [-0.2, -0.15) is 0 Å². The van der Waals surface area contributed by atoms with Gasteiger partial charge >= 0.3 is 0 Å². The molecule has 0 amide bonds. The van der Waals surface area contributed by atoms with E-state index >= 15 is 0 Å². The number of hydrogen-bond donors (Lipinski definition) is 0. The van der Waals surface area contributed by atoms with Crippen molar-refractivity contribution in [3.8, 4) is 10.9 Å². The van der Waals surface area contributed by atoms with E-state index < -0.39 is 0 Å². The van der Waals surface area contributed by atoms with Gasteiger partial charge in [-0.15, -0.1) is 0 Å². The summed E-state index contributed by atoms with van der Waals surface area (Å²) in [6.45, 7) is 0. The van der Waals surface area contributed by atoms with Crippen molar-refractivity contribution in [3.63, 3.8) is 0 Å². The number of aromatic nitrogens is 2. The van der Waals surface area contributed by atoms with Gasteiger partial charge in [0.2, 0.25) is 0 Å². The van der Waals surface area contributed by atoms with Gasteiger partial charge in [0.25, 0.3) is 5.19 Å². The summed E-state index contributed by atoms with van der Waals surface area (Å²) in [5.41, 5.74) is 0.939. The minimum absolute atomic E-state index is 0.446. The lowest BCUT2D eigenvalue weighted by molar-refractivity contribution is 0.478. The number of ether oxygens (including phenoxy) is 1. The molecule has 0 saturated heterocycles. The Balaban J connectivity index is 1.92. The van der Waals surface area contributed by atoms with Crippen molar-refractivity contribution in [3.05, 3.63) is 47.7 Å². The van der Waals surface area contributed by atoms with Gasteiger partial charge in [-0.05, 0) is 24.3 Å². The number of benzene rings is 1. The highest BCUT2D eigenvalue weighted by atomic mass is 35.5. The third-order valence-corrected chi connectivity index (χ3v) is 3.32. The maximum absolute atomic E-state index is 5.70. The summed E-state index contributed by atoms with van der Waals surface area (Å²) in [6, 6.07) is 11.4. The van der Waals surface area contributed by atoms with Crippen molar-refractivity contribution < 1.29 is 4.74 Å². The summed E-state index contributed by atoms with van der Waals surface area (Å²) in [5, 5.41) is 1.05. The minimum Gasteiger partial charge on any atom is -0.429 e. The van der Waals surface area contributed by atoms with Crippen LogP contribution in [0.3, 0.4) is 0 Å². The molecule has 2 aromatic heterocycles. The first-order valence-electron chi connectivity index (χ1n) is 4.96. The Labute approximate surface area is 107 Å². The lowest BCUT2D eigenvalue weighted by atomic mass is 10.3. The number of halogens is 1. The number of rotatable bonds is 2. The molecule has 3 rings (SSSR count). The lowest BCUT2D eigenvalue weighted by Crippen LogP contribution is -1.83. The van der Waals surface area contributed by atoms with Crippen molar-refractivity contribution in [2.24, 2.45) is 0 Å². The van der Waals surface area contributed by atoms with Gasteiger partial charge in [0, 0.05) is 0 Å². The van der Waals surface area contributed by atoms with E-state index in [4.69, 9.17) is 16.3 Å². The number of para-hydroxylation sites is 1. The molecule has 0 radical (unpaired) electrons. The van der Waals surface area contributed by atoms with Gasteiger partial charge in [0.15, 0.2) is 0 Å². The van der Waals surface area contributed by atoms with Gasteiger partial charge in [-0.3, -0.25) is 0 Å². The summed E-state index contributed by atoms with van der Waals surface area (Å²) in [6.07, 6.45) is 1.58. The molecular weight excluding hydrogens is 256 g/mol. The number of hydrogen-bond acceptors (Lipinski definition) is 4. The molecule has 0 atom stereocenters. The van der Waals surface area contributed by atoms with Crippen LogP contribution in [-0.2, 0) is 0 Å². The highest BCUT2D eigenvalue weighted by Crippen LogP contribution is 2.30. The Morgan fingerprint density at radius 2 is 2.00 bits per heavy atom. The summed E-state index contributed by atoms with van der Waals surface area (Å²) in [7, 11) is 0. The molecule has 0 spiro atoms. The maximum atomic E-state index is 5.70. The Morgan fingerprint density at radius 3 is 2.76 bits per heavy atom. The van der Waals surface area contributed by atoms with Crippen molar-refractivity contribution in [2.45, 2.75) is 0 Å². The molecule has 84 valence electrons. The van der Waals surface area contributed by atoms with Crippen LogP contribution in [0.4, 0.5) is 0 Å². The summed E-state index contributed by atoms with van der Waals surface area (Å²) in [4.78, 5) is 8.31. The number of nitrogens with zero attached hydrogens (tertiary/aromatic N) is 2. The second kappa shape index (κ2) is 4.31. The van der Waals surface area contributed by atoms with Gasteiger partial charge < -0.3 is 4.74 Å². The zero-order chi connectivity index (χ0) is 11.7. The molecule has 0 bridgehead atoms. The fourth-order valence-electron chi connectivity index (χ4n) is 1.42. The molecule has 3 aromatic rings. The molecule has 0 fully saturated rings. The topological polar surface area (TPSA) is 35.0 Å². The van der Waals surface area contributed by atoms with Crippen LogP contribution in [-0.4, -0.2) is 9.97 Å². The van der Waals surface area contributed by atoms with Crippen LogP contribution in [0.15, 0.2) is 42.6 Å². The highest BCUT2D eigenvalue weighted by molar-refractivity contribution is 7.20. The molecule has 0 N–H and O–H groups in total. The van der Waals surface area contributed by atoms with E-state index in [1.54, 1.807) is 18.3 Å². The fourth-order valence-corrected chi connectivity index (χ4v) is 2.36. The summed E-state index contributed by atoms with van der Waals surface area (Å²) >= 11 is 7.20. The Hall–Kier alpha value is -1.65. The smallest absolute Gasteiger partial charge is 0.279 e. The maximum Gasteiger partial charge on any atom is 0.279 e. The number of pyridine rings is 1. The second-order valence-electron chi connectivity index (χ2n) is 3.37. The van der Waals surface area contributed by atoms with E-state index in [0.717, 1.165) is 10.2 Å². The average molecular weight is 263 g/mol. The molecule has 3 nitrogen and oxygen atoms in total. The van der Waals surface area contributed by atoms with E-state index in [-0.39, 0.29) is 0 Å². The van der Waals surface area contributed by atoms with Crippen molar-refractivity contribution in [2.75, 3.05) is 0 Å². The quantitative estimate of drug-likeness (QED) is 0.651. The predicted octanol–water partition coefficient (Wildman–Crippen LogP) is 4.14. The average Bonchev–Trinajstić information content (AvgIpc) is 2.74. The number of thiazole rings is 1. The molecule has 2 heterocycles. The van der Waals surface area contributed by atoms with Gasteiger partial charge in [0.05, 0.1) is 16.4 Å². The second-order valence-corrected chi connectivity index (χ2v) is 4.75. The first-order valence-corrected chi connectivity index (χ1v) is 6.16. The zero-order valence-electron chi connectivity index (χ0n) is 8.63. The van der Waals surface area contributed by atoms with Crippen molar-refractivity contribution in [1.29, 1.82) is 0 Å². The van der Waals surface area contributed by atoms with Crippen molar-refractivity contribution >= 4 is 33.2 Å². The number of fused-ring (bicyclic) bond motifs is 1. The molecule has 17 heavy (non-hydrogen) atoms. The molecule has 1 aromatic carbocycles. The van der Waals surface area contributed by atoms with E-state index in [2.05, 4.69) is 9.97 Å². The van der Waals surface area contributed by atoms with E-state index in [0.29, 0.717) is 16.1 Å². The van der Waals surface area contributed by atoms with Gasteiger partial charge in [-0.1, -0.05) is 35.1 Å². The van der Waals surface area contributed by atoms with Crippen molar-refractivity contribution in [1.82, 2.24) is 9.97 Å². The third-order valence-electron chi connectivity index (χ3n) is 2.18. The molecular formula is C12H7ClN2OS. The van der Waals surface area contributed by atoms with E-state index in [1.165, 1.54) is 11.3 Å². The SMILES string of the molecule is Clc1ccc(Oc2nc3ccccc3s2)cn1. The summed E-state index contributed by atoms with van der Waals surface area (Å²) < 4.78 is 6.71.